The SMILES string of the molecule is CCOc1cc(Cc2cnc(N)nc2N)cc(OS(=O)(=O)CC(C)(C)C)c1-c1ccc(NCCO)cc1. The topological polar surface area (TPSA) is 163 Å². The van der Waals surface area contributed by atoms with E-state index in [-0.39, 0.29) is 29.9 Å². The van der Waals surface area contributed by atoms with Gasteiger partial charge in [0.15, 0.2) is 5.75 Å². The van der Waals surface area contributed by atoms with E-state index in [9.17, 15) is 8.42 Å². The van der Waals surface area contributed by atoms with E-state index in [1.54, 1.807) is 12.3 Å². The van der Waals surface area contributed by atoms with Gasteiger partial charge in [-0.3, -0.25) is 0 Å². The second-order valence-corrected chi connectivity index (χ2v) is 11.4. The van der Waals surface area contributed by atoms with Crippen molar-refractivity contribution in [2.75, 3.05) is 42.3 Å². The fourth-order valence-corrected chi connectivity index (χ4v) is 5.33. The molecule has 0 aliphatic carbocycles. The van der Waals surface area contributed by atoms with Gasteiger partial charge in [-0.15, -0.1) is 0 Å². The molecule has 0 fully saturated rings. The Kier molecular flexibility index (Phi) is 8.82. The number of hydrogen-bond acceptors (Lipinski definition) is 10. The zero-order valence-corrected chi connectivity index (χ0v) is 22.4. The molecule has 200 valence electrons. The lowest BCUT2D eigenvalue weighted by molar-refractivity contribution is 0.311. The number of rotatable bonds is 11. The first-order valence-corrected chi connectivity index (χ1v) is 13.5. The predicted molar refractivity (Wildman–Crippen MR) is 146 cm³/mol. The molecule has 0 radical (unpaired) electrons. The third kappa shape index (κ3) is 7.96. The molecule has 37 heavy (non-hydrogen) atoms. The molecule has 0 unspecified atom stereocenters. The van der Waals surface area contributed by atoms with Gasteiger partial charge in [-0.25, -0.2) is 4.98 Å². The molecule has 3 aromatic rings. The number of aliphatic hydroxyl groups excluding tert-OH is 1. The van der Waals surface area contributed by atoms with E-state index in [4.69, 9.17) is 25.5 Å². The average Bonchev–Trinajstić information content (AvgIpc) is 2.78. The number of hydrogen-bond donors (Lipinski definition) is 4. The van der Waals surface area contributed by atoms with Crippen molar-refractivity contribution in [3.8, 4) is 22.6 Å². The predicted octanol–water partition coefficient (Wildman–Crippen LogP) is 3.46. The summed E-state index contributed by atoms with van der Waals surface area (Å²) in [7, 11) is -3.94. The summed E-state index contributed by atoms with van der Waals surface area (Å²) in [5.41, 5.74) is 14.5. The highest BCUT2D eigenvalue weighted by molar-refractivity contribution is 7.87. The molecule has 0 saturated heterocycles. The van der Waals surface area contributed by atoms with E-state index in [1.807, 2.05) is 58.0 Å². The summed E-state index contributed by atoms with van der Waals surface area (Å²) in [6, 6.07) is 10.9. The van der Waals surface area contributed by atoms with Crippen LogP contribution < -0.4 is 25.7 Å². The lowest BCUT2D eigenvalue weighted by Crippen LogP contribution is -2.24. The van der Waals surface area contributed by atoms with Crippen molar-refractivity contribution in [1.82, 2.24) is 9.97 Å². The van der Waals surface area contributed by atoms with Gasteiger partial charge in [0, 0.05) is 30.4 Å². The summed E-state index contributed by atoms with van der Waals surface area (Å²) in [6.45, 7) is 8.12. The Morgan fingerprint density at radius 1 is 1.08 bits per heavy atom. The first-order chi connectivity index (χ1) is 17.4. The van der Waals surface area contributed by atoms with Gasteiger partial charge in [0.1, 0.15) is 11.6 Å². The summed E-state index contributed by atoms with van der Waals surface area (Å²) in [5, 5.41) is 12.2. The van der Waals surface area contributed by atoms with Gasteiger partial charge in [-0.1, -0.05) is 32.9 Å². The molecule has 3 rings (SSSR count). The summed E-state index contributed by atoms with van der Waals surface area (Å²) in [6.07, 6.45) is 1.85. The molecule has 0 bridgehead atoms. The second-order valence-electron chi connectivity index (χ2n) is 9.79. The van der Waals surface area contributed by atoms with E-state index in [0.29, 0.717) is 47.6 Å². The van der Waals surface area contributed by atoms with Crippen LogP contribution in [0.3, 0.4) is 0 Å². The van der Waals surface area contributed by atoms with Crippen LogP contribution in [0.1, 0.15) is 38.8 Å². The maximum atomic E-state index is 13.1. The average molecular weight is 530 g/mol. The highest BCUT2D eigenvalue weighted by atomic mass is 32.2. The van der Waals surface area contributed by atoms with Crippen LogP contribution in [-0.2, 0) is 16.5 Å². The molecule has 0 spiro atoms. The van der Waals surface area contributed by atoms with E-state index in [0.717, 1.165) is 5.69 Å². The molecule has 0 saturated carbocycles. The molecule has 1 heterocycles. The third-order valence-electron chi connectivity index (χ3n) is 5.18. The van der Waals surface area contributed by atoms with Gasteiger partial charge in [0.25, 0.3) is 0 Å². The van der Waals surface area contributed by atoms with E-state index >= 15 is 0 Å². The number of aliphatic hydroxyl groups is 1. The van der Waals surface area contributed by atoms with Crippen LogP contribution in [0.5, 0.6) is 11.5 Å². The smallest absolute Gasteiger partial charge is 0.309 e. The fourth-order valence-electron chi connectivity index (χ4n) is 3.81. The molecule has 11 heteroatoms. The first kappa shape index (κ1) is 28.0. The van der Waals surface area contributed by atoms with E-state index in [2.05, 4.69) is 15.3 Å². The lowest BCUT2D eigenvalue weighted by atomic mass is 9.98. The maximum Gasteiger partial charge on any atom is 0.309 e. The Hall–Kier alpha value is -3.57. The highest BCUT2D eigenvalue weighted by Gasteiger charge is 2.26. The Labute approximate surface area is 218 Å². The van der Waals surface area contributed by atoms with Crippen molar-refractivity contribution in [2.24, 2.45) is 5.41 Å². The summed E-state index contributed by atoms with van der Waals surface area (Å²) >= 11 is 0. The number of benzene rings is 2. The van der Waals surface area contributed by atoms with Gasteiger partial charge in [0.05, 0.1) is 24.5 Å². The minimum Gasteiger partial charge on any atom is -0.493 e. The molecule has 10 nitrogen and oxygen atoms in total. The molecule has 0 aliphatic rings. The van der Waals surface area contributed by atoms with Gasteiger partial charge in [-0.05, 0) is 47.7 Å². The van der Waals surface area contributed by atoms with Crippen LogP contribution in [0.25, 0.3) is 11.1 Å². The highest BCUT2D eigenvalue weighted by Crippen LogP contribution is 2.42. The molecule has 0 aliphatic heterocycles. The van der Waals surface area contributed by atoms with Crippen molar-refractivity contribution < 1.29 is 22.4 Å². The van der Waals surface area contributed by atoms with Crippen LogP contribution in [0.2, 0.25) is 0 Å². The second kappa shape index (κ2) is 11.7. The van der Waals surface area contributed by atoms with Gasteiger partial charge >= 0.3 is 10.1 Å². The number of aromatic nitrogens is 2. The van der Waals surface area contributed by atoms with Crippen LogP contribution in [0.4, 0.5) is 17.5 Å². The van der Waals surface area contributed by atoms with Crippen LogP contribution in [-0.4, -0.2) is 49.0 Å². The Morgan fingerprint density at radius 3 is 2.35 bits per heavy atom. The summed E-state index contributed by atoms with van der Waals surface area (Å²) in [5.74, 6) is 0.753. The van der Waals surface area contributed by atoms with Crippen molar-refractivity contribution in [3.63, 3.8) is 0 Å². The van der Waals surface area contributed by atoms with Gasteiger partial charge in [0.2, 0.25) is 5.95 Å². The van der Waals surface area contributed by atoms with Crippen molar-refractivity contribution >= 4 is 27.6 Å². The van der Waals surface area contributed by atoms with Crippen molar-refractivity contribution in [3.05, 3.63) is 53.7 Å². The number of nitrogens with zero attached hydrogens (tertiary/aromatic N) is 2. The van der Waals surface area contributed by atoms with Crippen LogP contribution >= 0.6 is 0 Å². The quantitative estimate of drug-likeness (QED) is 0.271. The largest absolute Gasteiger partial charge is 0.493 e. The fraction of sp³-hybridized carbons (Fsp3) is 0.385. The lowest BCUT2D eigenvalue weighted by Gasteiger charge is -2.21. The molecule has 1 aromatic heterocycles. The molecular formula is C26H35N5O5S. The van der Waals surface area contributed by atoms with Gasteiger partial charge < -0.3 is 30.8 Å². The number of nitrogens with one attached hydrogen (secondary N) is 1. The molecule has 2 aromatic carbocycles. The maximum absolute atomic E-state index is 13.1. The third-order valence-corrected chi connectivity index (χ3v) is 6.83. The van der Waals surface area contributed by atoms with E-state index in [1.165, 1.54) is 0 Å². The number of ether oxygens (including phenoxy) is 1. The number of nitrogens with two attached hydrogens (primary N) is 2. The first-order valence-electron chi connectivity index (χ1n) is 11.9. The summed E-state index contributed by atoms with van der Waals surface area (Å²) in [4.78, 5) is 8.03. The molecule has 6 N–H and O–H groups in total. The zero-order valence-electron chi connectivity index (χ0n) is 21.6. The monoisotopic (exact) mass is 529 g/mol. The minimum absolute atomic E-state index is 0.00485. The van der Waals surface area contributed by atoms with Crippen molar-refractivity contribution in [2.45, 2.75) is 34.1 Å². The normalized spacial score (nSPS) is 11.8. The molecular weight excluding hydrogens is 494 g/mol. The van der Waals surface area contributed by atoms with Crippen LogP contribution in [0, 0.1) is 5.41 Å². The number of anilines is 3. The molecule has 0 atom stereocenters. The summed E-state index contributed by atoms with van der Waals surface area (Å²) < 4.78 is 37.8. The van der Waals surface area contributed by atoms with E-state index < -0.39 is 15.5 Å². The minimum atomic E-state index is -3.94. The Balaban J connectivity index is 2.13. The standard InChI is InChI=1S/C26H35N5O5S/c1-5-35-21-13-17(12-19-15-30-25(28)31-24(19)27)14-22(36-37(33,34)16-26(2,3)4)23(21)18-6-8-20(9-7-18)29-10-11-32/h6-9,13-15,29,32H,5,10-12,16H2,1-4H3,(H4,27,28,30,31). The Morgan fingerprint density at radius 2 is 1.76 bits per heavy atom. The van der Waals surface area contributed by atoms with Crippen molar-refractivity contribution in [1.29, 1.82) is 0 Å². The molecule has 0 amide bonds. The zero-order chi connectivity index (χ0) is 27.2. The number of nitrogen functional groups attached to an aromatic ring is 2. The van der Waals surface area contributed by atoms with Crippen LogP contribution in [0.15, 0.2) is 42.6 Å². The Bertz CT molecular complexity index is 1320. The van der Waals surface area contributed by atoms with Gasteiger partial charge in [-0.2, -0.15) is 13.4 Å².